The van der Waals surface area contributed by atoms with Crippen molar-refractivity contribution in [1.29, 1.82) is 0 Å². The number of nitrogens with zero attached hydrogens (tertiary/aromatic N) is 3. The molecule has 27 heavy (non-hydrogen) atoms. The Hall–Kier alpha value is -1.64. The van der Waals surface area contributed by atoms with Crippen LogP contribution >= 0.6 is 0 Å². The maximum absolute atomic E-state index is 13.5. The van der Waals surface area contributed by atoms with Gasteiger partial charge in [-0.15, -0.1) is 0 Å². The van der Waals surface area contributed by atoms with Crippen molar-refractivity contribution in [2.45, 2.75) is 25.6 Å². The van der Waals surface area contributed by atoms with E-state index in [1.54, 1.807) is 12.1 Å². The Labute approximate surface area is 156 Å². The fourth-order valence-corrected chi connectivity index (χ4v) is 4.30. The minimum absolute atomic E-state index is 0.306. The molecule has 0 saturated carbocycles. The van der Waals surface area contributed by atoms with Crippen LogP contribution in [-0.2, 0) is 17.5 Å². The highest BCUT2D eigenvalue weighted by Gasteiger charge is 2.37. The lowest BCUT2D eigenvalue weighted by Crippen LogP contribution is -2.44. The van der Waals surface area contributed by atoms with Crippen molar-refractivity contribution in [2.24, 2.45) is 5.92 Å². The third-order valence-corrected chi connectivity index (χ3v) is 5.57. The maximum atomic E-state index is 13.5. The Bertz CT molecular complexity index is 770. The Kier molecular flexibility index (Phi) is 5.39. The van der Waals surface area contributed by atoms with E-state index in [1.165, 1.54) is 6.20 Å². The Morgan fingerprint density at radius 1 is 1.19 bits per heavy atom. The van der Waals surface area contributed by atoms with Gasteiger partial charge in [0.15, 0.2) is 0 Å². The maximum Gasteiger partial charge on any atom is 0.431 e. The van der Waals surface area contributed by atoms with Crippen molar-refractivity contribution in [3.63, 3.8) is 0 Å². The van der Waals surface area contributed by atoms with Gasteiger partial charge in [0.05, 0.1) is 13.2 Å². The van der Waals surface area contributed by atoms with Crippen LogP contribution in [0, 0.1) is 5.92 Å². The minimum Gasteiger partial charge on any atom is -0.379 e. The molecule has 8 heteroatoms. The summed E-state index contributed by atoms with van der Waals surface area (Å²) < 4.78 is 46.0. The third-order valence-electron chi connectivity index (χ3n) is 5.57. The first-order valence-electron chi connectivity index (χ1n) is 9.56. The number of alkyl halides is 3. The molecule has 2 aliphatic rings. The van der Waals surface area contributed by atoms with E-state index in [4.69, 9.17) is 4.74 Å². The number of hydrogen-bond donors (Lipinski definition) is 1. The minimum atomic E-state index is -4.40. The van der Waals surface area contributed by atoms with Gasteiger partial charge in [-0.1, -0.05) is 0 Å². The standard InChI is InChI=1S/C19H25F3N4O/c20-19(21,22)17-16(15-4-1-5-23-18(15)24-17)13-26-6-2-3-14(12-26)11-25-7-9-27-10-8-25/h1,4-5,14H,2-3,6-13H2,(H,23,24)/t14-/m0/s1. The van der Waals surface area contributed by atoms with Crippen molar-refractivity contribution in [3.05, 3.63) is 29.6 Å². The van der Waals surface area contributed by atoms with Crippen molar-refractivity contribution < 1.29 is 17.9 Å². The van der Waals surface area contributed by atoms with E-state index in [1.807, 2.05) is 0 Å². The van der Waals surface area contributed by atoms with E-state index in [0.717, 1.165) is 58.8 Å². The highest BCUT2D eigenvalue weighted by Crippen LogP contribution is 2.36. The van der Waals surface area contributed by atoms with Crippen LogP contribution in [0.25, 0.3) is 11.0 Å². The summed E-state index contributed by atoms with van der Waals surface area (Å²) in [5, 5.41) is 0.570. The van der Waals surface area contributed by atoms with E-state index in [-0.39, 0.29) is 0 Å². The molecule has 1 N–H and O–H groups in total. The number of pyridine rings is 1. The average molecular weight is 382 g/mol. The number of aromatic amines is 1. The van der Waals surface area contributed by atoms with Gasteiger partial charge in [-0.25, -0.2) is 4.98 Å². The van der Waals surface area contributed by atoms with Gasteiger partial charge >= 0.3 is 6.18 Å². The second-order valence-electron chi connectivity index (χ2n) is 7.53. The van der Waals surface area contributed by atoms with Gasteiger partial charge in [0, 0.05) is 49.9 Å². The van der Waals surface area contributed by atoms with Crippen molar-refractivity contribution in [1.82, 2.24) is 19.8 Å². The summed E-state index contributed by atoms with van der Waals surface area (Å²) in [5.74, 6) is 0.495. The number of aromatic nitrogens is 2. The lowest BCUT2D eigenvalue weighted by molar-refractivity contribution is -0.141. The number of likely N-dealkylation sites (tertiary alicyclic amines) is 1. The zero-order chi connectivity index (χ0) is 18.9. The highest BCUT2D eigenvalue weighted by atomic mass is 19.4. The predicted molar refractivity (Wildman–Crippen MR) is 96.4 cm³/mol. The van der Waals surface area contributed by atoms with Gasteiger partial charge in [-0.2, -0.15) is 13.2 Å². The van der Waals surface area contributed by atoms with Crippen LogP contribution in [0.15, 0.2) is 18.3 Å². The van der Waals surface area contributed by atoms with Crippen LogP contribution in [0.4, 0.5) is 13.2 Å². The molecule has 0 bridgehead atoms. The van der Waals surface area contributed by atoms with Crippen molar-refractivity contribution >= 4 is 11.0 Å². The SMILES string of the molecule is FC(F)(F)c1[nH]c2ncccc2c1CN1CCC[C@@H](CN2CCOCC2)C1. The summed E-state index contributed by atoms with van der Waals surface area (Å²) in [6.07, 6.45) is -0.729. The molecule has 1 atom stereocenters. The fourth-order valence-electron chi connectivity index (χ4n) is 4.30. The Morgan fingerprint density at radius 2 is 2.00 bits per heavy atom. The molecule has 148 valence electrons. The summed E-state index contributed by atoms with van der Waals surface area (Å²) in [5.41, 5.74) is -0.0363. The molecule has 0 aliphatic carbocycles. The molecule has 0 unspecified atom stereocenters. The smallest absolute Gasteiger partial charge is 0.379 e. The molecule has 4 heterocycles. The molecule has 5 nitrogen and oxygen atoms in total. The van der Waals surface area contributed by atoms with Gasteiger partial charge in [0.1, 0.15) is 11.3 Å². The lowest BCUT2D eigenvalue weighted by atomic mass is 9.96. The van der Waals surface area contributed by atoms with Crippen molar-refractivity contribution in [3.8, 4) is 0 Å². The molecule has 4 rings (SSSR count). The van der Waals surface area contributed by atoms with Gasteiger partial charge in [0.25, 0.3) is 0 Å². The fraction of sp³-hybridized carbons (Fsp3) is 0.632. The molecule has 2 aromatic rings. The van der Waals surface area contributed by atoms with Gasteiger partial charge in [-0.3, -0.25) is 9.80 Å². The van der Waals surface area contributed by atoms with Crippen LogP contribution in [-0.4, -0.2) is 65.7 Å². The van der Waals surface area contributed by atoms with Gasteiger partial charge in [0.2, 0.25) is 0 Å². The second-order valence-corrected chi connectivity index (χ2v) is 7.53. The zero-order valence-electron chi connectivity index (χ0n) is 15.3. The number of piperidine rings is 1. The first kappa shape index (κ1) is 18.7. The van der Waals surface area contributed by atoms with Crippen LogP contribution in [0.1, 0.15) is 24.1 Å². The number of ether oxygens (including phenoxy) is 1. The van der Waals surface area contributed by atoms with E-state index >= 15 is 0 Å². The van der Waals surface area contributed by atoms with Crippen molar-refractivity contribution in [2.75, 3.05) is 45.9 Å². The molecule has 2 fully saturated rings. The second kappa shape index (κ2) is 7.77. The predicted octanol–water partition coefficient (Wildman–Crippen LogP) is 3.13. The summed E-state index contributed by atoms with van der Waals surface area (Å²) in [7, 11) is 0. The molecule has 2 aromatic heterocycles. The first-order valence-corrected chi connectivity index (χ1v) is 9.56. The molecule has 0 spiro atoms. The van der Waals surface area contributed by atoms with E-state index in [2.05, 4.69) is 19.8 Å². The molecule has 2 saturated heterocycles. The number of hydrogen-bond acceptors (Lipinski definition) is 4. The molecule has 0 radical (unpaired) electrons. The first-order chi connectivity index (χ1) is 13.0. The number of halogens is 3. The molecule has 2 aliphatic heterocycles. The largest absolute Gasteiger partial charge is 0.431 e. The highest BCUT2D eigenvalue weighted by molar-refractivity contribution is 5.81. The summed E-state index contributed by atoms with van der Waals surface area (Å²) in [6, 6.07) is 3.41. The van der Waals surface area contributed by atoms with Crippen LogP contribution < -0.4 is 0 Å². The topological polar surface area (TPSA) is 44.4 Å². The van der Waals surface area contributed by atoms with Gasteiger partial charge < -0.3 is 9.72 Å². The van der Waals surface area contributed by atoms with E-state index in [9.17, 15) is 13.2 Å². The summed E-state index contributed by atoms with van der Waals surface area (Å²) in [6.45, 7) is 6.42. The molecule has 0 aromatic carbocycles. The van der Waals surface area contributed by atoms with E-state index in [0.29, 0.717) is 29.1 Å². The summed E-state index contributed by atoms with van der Waals surface area (Å²) >= 11 is 0. The third kappa shape index (κ3) is 4.28. The Balaban J connectivity index is 1.49. The van der Waals surface area contributed by atoms with Crippen LogP contribution in [0.3, 0.4) is 0 Å². The quantitative estimate of drug-likeness (QED) is 0.883. The summed E-state index contributed by atoms with van der Waals surface area (Å²) in [4.78, 5) is 11.1. The molecular formula is C19H25F3N4O. The number of nitrogens with one attached hydrogen (secondary N) is 1. The zero-order valence-corrected chi connectivity index (χ0v) is 15.3. The monoisotopic (exact) mass is 382 g/mol. The normalized spacial score (nSPS) is 23.1. The molecule has 0 amide bonds. The average Bonchev–Trinajstić information content (AvgIpc) is 3.02. The van der Waals surface area contributed by atoms with Crippen LogP contribution in [0.2, 0.25) is 0 Å². The Morgan fingerprint density at radius 3 is 2.78 bits per heavy atom. The number of morpholine rings is 1. The lowest BCUT2D eigenvalue weighted by Gasteiger charge is -2.36. The number of H-pyrrole nitrogens is 1. The molecular weight excluding hydrogens is 357 g/mol. The number of rotatable bonds is 4. The van der Waals surface area contributed by atoms with E-state index < -0.39 is 11.9 Å². The van der Waals surface area contributed by atoms with Crippen LogP contribution in [0.5, 0.6) is 0 Å². The number of fused-ring (bicyclic) bond motifs is 1. The van der Waals surface area contributed by atoms with Gasteiger partial charge in [-0.05, 0) is 37.4 Å².